The van der Waals surface area contributed by atoms with Gasteiger partial charge in [0.15, 0.2) is 5.16 Å². The van der Waals surface area contributed by atoms with E-state index in [2.05, 4.69) is 4.98 Å². The van der Waals surface area contributed by atoms with E-state index in [9.17, 15) is 5.11 Å². The zero-order chi connectivity index (χ0) is 14.4. The van der Waals surface area contributed by atoms with Crippen molar-refractivity contribution in [1.29, 1.82) is 0 Å². The summed E-state index contributed by atoms with van der Waals surface area (Å²) in [6, 6.07) is 7.48. The molecular formula is C14H17ClN2O2S. The molecule has 0 aliphatic heterocycles. The molecule has 1 heterocycles. The third-order valence-electron chi connectivity index (χ3n) is 2.67. The average molecular weight is 313 g/mol. The molecule has 0 unspecified atom stereocenters. The first-order valence-electron chi connectivity index (χ1n) is 6.25. The lowest BCUT2D eigenvalue weighted by Crippen LogP contribution is -2.18. The van der Waals surface area contributed by atoms with Crippen molar-refractivity contribution in [2.75, 3.05) is 12.4 Å². The summed E-state index contributed by atoms with van der Waals surface area (Å²) in [6.07, 6.45) is 3.11. The Morgan fingerprint density at radius 3 is 2.80 bits per heavy atom. The lowest BCUT2D eigenvalue weighted by Gasteiger charge is -2.11. The highest BCUT2D eigenvalue weighted by Crippen LogP contribution is 2.16. The molecule has 0 saturated heterocycles. The van der Waals surface area contributed by atoms with E-state index in [0.717, 1.165) is 10.7 Å². The number of aryl methyl sites for hydroxylation is 1. The van der Waals surface area contributed by atoms with E-state index in [4.69, 9.17) is 16.3 Å². The van der Waals surface area contributed by atoms with E-state index in [-0.39, 0.29) is 0 Å². The highest BCUT2D eigenvalue weighted by Gasteiger charge is 2.08. The molecule has 0 aliphatic carbocycles. The number of ether oxygens (including phenoxy) is 1. The third-order valence-corrected chi connectivity index (χ3v) is 4.13. The van der Waals surface area contributed by atoms with Crippen LogP contribution in [0.25, 0.3) is 0 Å². The van der Waals surface area contributed by atoms with Crippen LogP contribution in [-0.2, 0) is 18.4 Å². The molecule has 2 rings (SSSR count). The van der Waals surface area contributed by atoms with E-state index >= 15 is 0 Å². The molecule has 108 valence electrons. The molecule has 1 N–H and O–H groups in total. The molecule has 0 saturated carbocycles. The smallest absolute Gasteiger partial charge is 0.167 e. The van der Waals surface area contributed by atoms with Crippen molar-refractivity contribution in [1.82, 2.24) is 9.55 Å². The normalized spacial score (nSPS) is 12.6. The highest BCUT2D eigenvalue weighted by molar-refractivity contribution is 7.99. The van der Waals surface area contributed by atoms with Gasteiger partial charge in [-0.1, -0.05) is 35.5 Å². The van der Waals surface area contributed by atoms with E-state index in [1.165, 1.54) is 11.8 Å². The first kappa shape index (κ1) is 15.4. The van der Waals surface area contributed by atoms with Gasteiger partial charge in [0.05, 0.1) is 19.3 Å². The maximum Gasteiger partial charge on any atom is 0.167 e. The third kappa shape index (κ3) is 4.83. The fourth-order valence-electron chi connectivity index (χ4n) is 1.60. The molecule has 0 bridgehead atoms. The van der Waals surface area contributed by atoms with Gasteiger partial charge in [-0.05, 0) is 17.7 Å². The minimum absolute atomic E-state index is 0.306. The standard InChI is InChI=1S/C14H17ClN2O2S/c1-17-7-6-16-14(17)20-10-13(18)9-19-8-11-2-4-12(15)5-3-11/h2-7,13,18H,8-10H2,1H3/t13-/m0/s1. The summed E-state index contributed by atoms with van der Waals surface area (Å²) in [5.41, 5.74) is 1.04. The first-order chi connectivity index (χ1) is 9.65. The number of nitrogens with zero attached hydrogens (tertiary/aromatic N) is 2. The van der Waals surface area contributed by atoms with Crippen LogP contribution in [0.1, 0.15) is 5.56 Å². The molecule has 0 amide bonds. The van der Waals surface area contributed by atoms with E-state index in [1.54, 1.807) is 6.20 Å². The number of halogens is 1. The van der Waals surface area contributed by atoms with Gasteiger partial charge < -0.3 is 14.4 Å². The van der Waals surface area contributed by atoms with Crippen molar-refractivity contribution < 1.29 is 9.84 Å². The SMILES string of the molecule is Cn1ccnc1SC[C@@H](O)COCc1ccc(Cl)cc1. The van der Waals surface area contributed by atoms with Gasteiger partial charge in [-0.25, -0.2) is 4.98 Å². The summed E-state index contributed by atoms with van der Waals surface area (Å²) in [7, 11) is 1.93. The van der Waals surface area contributed by atoms with Crippen LogP contribution in [0.2, 0.25) is 5.02 Å². The first-order valence-corrected chi connectivity index (χ1v) is 7.62. The molecule has 20 heavy (non-hydrogen) atoms. The molecule has 1 aromatic carbocycles. The van der Waals surface area contributed by atoms with Crippen LogP contribution in [0.15, 0.2) is 41.8 Å². The molecule has 0 aliphatic rings. The minimum Gasteiger partial charge on any atom is -0.390 e. The van der Waals surface area contributed by atoms with Gasteiger partial charge >= 0.3 is 0 Å². The van der Waals surface area contributed by atoms with Crippen LogP contribution in [0, 0.1) is 0 Å². The molecule has 6 heteroatoms. The number of aromatic nitrogens is 2. The Bertz CT molecular complexity index is 530. The van der Waals surface area contributed by atoms with E-state index in [0.29, 0.717) is 24.0 Å². The van der Waals surface area contributed by atoms with Crippen LogP contribution in [0.5, 0.6) is 0 Å². The molecule has 2 aromatic rings. The zero-order valence-electron chi connectivity index (χ0n) is 11.2. The second kappa shape index (κ2) is 7.69. The molecule has 0 spiro atoms. The fourth-order valence-corrected chi connectivity index (χ4v) is 2.57. The van der Waals surface area contributed by atoms with Gasteiger partial charge in [0, 0.05) is 30.2 Å². The van der Waals surface area contributed by atoms with Gasteiger partial charge in [-0.2, -0.15) is 0 Å². The van der Waals surface area contributed by atoms with Gasteiger partial charge in [0.25, 0.3) is 0 Å². The highest BCUT2D eigenvalue weighted by atomic mass is 35.5. The predicted octanol–water partition coefficient (Wildman–Crippen LogP) is 2.74. The van der Waals surface area contributed by atoms with Gasteiger partial charge in [-0.15, -0.1) is 0 Å². The molecule has 0 radical (unpaired) electrons. The fraction of sp³-hybridized carbons (Fsp3) is 0.357. The van der Waals surface area contributed by atoms with Crippen LogP contribution in [0.3, 0.4) is 0 Å². The summed E-state index contributed by atoms with van der Waals surface area (Å²) < 4.78 is 7.41. The van der Waals surface area contributed by atoms with Crippen molar-refractivity contribution in [2.45, 2.75) is 17.9 Å². The minimum atomic E-state index is -0.510. The zero-order valence-corrected chi connectivity index (χ0v) is 12.8. The number of hydrogen-bond donors (Lipinski definition) is 1. The largest absolute Gasteiger partial charge is 0.390 e. The summed E-state index contributed by atoms with van der Waals surface area (Å²) in [4.78, 5) is 4.19. The summed E-state index contributed by atoms with van der Waals surface area (Å²) in [5, 5.41) is 11.5. The summed E-state index contributed by atoms with van der Waals surface area (Å²) >= 11 is 7.32. The quantitative estimate of drug-likeness (QED) is 0.799. The van der Waals surface area contributed by atoms with Crippen LogP contribution < -0.4 is 0 Å². The van der Waals surface area contributed by atoms with Crippen LogP contribution in [-0.4, -0.2) is 33.1 Å². The number of aliphatic hydroxyl groups is 1. The number of hydrogen-bond acceptors (Lipinski definition) is 4. The number of rotatable bonds is 7. The van der Waals surface area contributed by atoms with E-state index < -0.39 is 6.10 Å². The summed E-state index contributed by atoms with van der Waals surface area (Å²) in [6.45, 7) is 0.779. The Kier molecular flexibility index (Phi) is 5.91. The number of aliphatic hydroxyl groups excluding tert-OH is 1. The monoisotopic (exact) mass is 312 g/mol. The number of thioether (sulfide) groups is 1. The van der Waals surface area contributed by atoms with Gasteiger partial charge in [0.1, 0.15) is 0 Å². The Morgan fingerprint density at radius 2 is 2.15 bits per heavy atom. The van der Waals surface area contributed by atoms with Crippen molar-refractivity contribution >= 4 is 23.4 Å². The molecule has 4 nitrogen and oxygen atoms in total. The Hall–Kier alpha value is -1.01. The predicted molar refractivity (Wildman–Crippen MR) is 81.0 cm³/mol. The maximum atomic E-state index is 9.86. The Balaban J connectivity index is 1.66. The molecular weight excluding hydrogens is 296 g/mol. The van der Waals surface area contributed by atoms with Crippen molar-refractivity contribution in [3.05, 3.63) is 47.2 Å². The van der Waals surface area contributed by atoms with Gasteiger partial charge in [-0.3, -0.25) is 0 Å². The lowest BCUT2D eigenvalue weighted by atomic mass is 10.2. The van der Waals surface area contributed by atoms with Crippen molar-refractivity contribution in [2.24, 2.45) is 7.05 Å². The second-order valence-electron chi connectivity index (χ2n) is 4.43. The lowest BCUT2D eigenvalue weighted by molar-refractivity contribution is 0.0398. The van der Waals surface area contributed by atoms with Crippen LogP contribution >= 0.6 is 23.4 Å². The molecule has 1 atom stereocenters. The molecule has 1 aromatic heterocycles. The number of imidazole rings is 1. The number of benzene rings is 1. The van der Waals surface area contributed by atoms with Gasteiger partial charge in [0.2, 0.25) is 0 Å². The molecule has 0 fully saturated rings. The Labute approximate surface area is 127 Å². The average Bonchev–Trinajstić information content (AvgIpc) is 2.84. The second-order valence-corrected chi connectivity index (χ2v) is 5.85. The van der Waals surface area contributed by atoms with Crippen molar-refractivity contribution in [3.8, 4) is 0 Å². The topological polar surface area (TPSA) is 47.3 Å². The summed E-state index contributed by atoms with van der Waals surface area (Å²) in [5.74, 6) is 0.561. The maximum absolute atomic E-state index is 9.86. The van der Waals surface area contributed by atoms with Crippen LogP contribution in [0.4, 0.5) is 0 Å². The Morgan fingerprint density at radius 1 is 1.40 bits per heavy atom. The van der Waals surface area contributed by atoms with E-state index in [1.807, 2.05) is 42.1 Å². The van der Waals surface area contributed by atoms with Crippen molar-refractivity contribution in [3.63, 3.8) is 0 Å².